The van der Waals surface area contributed by atoms with E-state index in [1.165, 1.54) is 6.42 Å². The summed E-state index contributed by atoms with van der Waals surface area (Å²) in [6, 6.07) is 1.18. The molecule has 3 nitrogen and oxygen atoms in total. The van der Waals surface area contributed by atoms with Crippen LogP contribution in [0.1, 0.15) is 47.5 Å². The third kappa shape index (κ3) is 3.69. The highest BCUT2D eigenvalue weighted by molar-refractivity contribution is 4.97. The predicted octanol–water partition coefficient (Wildman–Crippen LogP) is 2.51. The van der Waals surface area contributed by atoms with Crippen molar-refractivity contribution in [3.63, 3.8) is 0 Å². The van der Waals surface area contributed by atoms with Gasteiger partial charge < -0.3 is 10.1 Å². The first kappa shape index (κ1) is 15.9. The molecule has 1 saturated heterocycles. The number of nitrogens with one attached hydrogen (secondary N) is 1. The number of hydrogen-bond acceptors (Lipinski definition) is 3. The lowest BCUT2D eigenvalue weighted by atomic mass is 9.88. The number of piperazine rings is 1. The van der Waals surface area contributed by atoms with Crippen LogP contribution in [-0.2, 0) is 4.74 Å². The molecule has 0 aliphatic carbocycles. The minimum atomic E-state index is 0.256. The number of ether oxygens (including phenoxy) is 1. The van der Waals surface area contributed by atoms with Crippen molar-refractivity contribution in [2.24, 2.45) is 5.92 Å². The fourth-order valence-electron chi connectivity index (χ4n) is 2.94. The van der Waals surface area contributed by atoms with Gasteiger partial charge in [-0.15, -0.1) is 0 Å². The van der Waals surface area contributed by atoms with Crippen molar-refractivity contribution >= 4 is 0 Å². The van der Waals surface area contributed by atoms with Gasteiger partial charge in [0.05, 0.1) is 6.61 Å². The second-order valence-corrected chi connectivity index (χ2v) is 6.30. The quantitative estimate of drug-likeness (QED) is 0.790. The molecule has 18 heavy (non-hydrogen) atoms. The summed E-state index contributed by atoms with van der Waals surface area (Å²) in [6.07, 6.45) is 2.34. The van der Waals surface area contributed by atoms with Crippen molar-refractivity contribution in [1.29, 1.82) is 0 Å². The van der Waals surface area contributed by atoms with Gasteiger partial charge in [0.2, 0.25) is 0 Å². The first-order valence-corrected chi connectivity index (χ1v) is 7.47. The van der Waals surface area contributed by atoms with Crippen LogP contribution >= 0.6 is 0 Å². The average Bonchev–Trinajstić information content (AvgIpc) is 2.35. The van der Waals surface area contributed by atoms with Crippen molar-refractivity contribution in [1.82, 2.24) is 10.2 Å². The van der Waals surface area contributed by atoms with Gasteiger partial charge in [-0.05, 0) is 25.7 Å². The van der Waals surface area contributed by atoms with E-state index in [1.54, 1.807) is 0 Å². The molecule has 0 spiro atoms. The van der Waals surface area contributed by atoms with Crippen LogP contribution in [0.5, 0.6) is 0 Å². The fraction of sp³-hybridized carbons (Fsp3) is 1.00. The van der Waals surface area contributed by atoms with Crippen molar-refractivity contribution in [2.75, 3.05) is 26.8 Å². The Kier molecular flexibility index (Phi) is 6.09. The van der Waals surface area contributed by atoms with E-state index in [2.05, 4.69) is 44.8 Å². The van der Waals surface area contributed by atoms with Gasteiger partial charge in [0, 0.05) is 37.8 Å². The van der Waals surface area contributed by atoms with Gasteiger partial charge >= 0.3 is 0 Å². The molecule has 0 amide bonds. The smallest absolute Gasteiger partial charge is 0.0618 e. The summed E-state index contributed by atoms with van der Waals surface area (Å²) >= 11 is 0. The highest BCUT2D eigenvalue weighted by Crippen LogP contribution is 2.25. The fourth-order valence-corrected chi connectivity index (χ4v) is 2.94. The average molecular weight is 256 g/mol. The molecule has 1 aliphatic rings. The molecule has 0 aromatic rings. The van der Waals surface area contributed by atoms with Gasteiger partial charge in [-0.1, -0.05) is 27.7 Å². The molecule has 0 radical (unpaired) electrons. The van der Waals surface area contributed by atoms with Crippen LogP contribution < -0.4 is 5.32 Å². The highest BCUT2D eigenvalue weighted by Gasteiger charge is 2.38. The summed E-state index contributed by atoms with van der Waals surface area (Å²) in [5, 5.41) is 3.75. The lowest BCUT2D eigenvalue weighted by molar-refractivity contribution is -0.00602. The van der Waals surface area contributed by atoms with Crippen LogP contribution in [0.4, 0.5) is 0 Å². The van der Waals surface area contributed by atoms with Crippen LogP contribution in [0.2, 0.25) is 0 Å². The maximum Gasteiger partial charge on any atom is 0.0618 e. The SMILES string of the molecule is CCC(COC)N1CC(C)(CC)NCC1C(C)C. The summed E-state index contributed by atoms with van der Waals surface area (Å²) in [6.45, 7) is 14.6. The molecular formula is C15H32N2O. The predicted molar refractivity (Wildman–Crippen MR) is 78.0 cm³/mol. The van der Waals surface area contributed by atoms with Gasteiger partial charge in [0.1, 0.15) is 0 Å². The van der Waals surface area contributed by atoms with Gasteiger partial charge in [-0.2, -0.15) is 0 Å². The van der Waals surface area contributed by atoms with Crippen molar-refractivity contribution < 1.29 is 4.74 Å². The van der Waals surface area contributed by atoms with Crippen LogP contribution in [0.25, 0.3) is 0 Å². The topological polar surface area (TPSA) is 24.5 Å². The van der Waals surface area contributed by atoms with Gasteiger partial charge in [-0.25, -0.2) is 0 Å². The molecule has 108 valence electrons. The molecule has 1 N–H and O–H groups in total. The molecule has 1 heterocycles. The van der Waals surface area contributed by atoms with E-state index in [0.29, 0.717) is 18.0 Å². The second kappa shape index (κ2) is 6.88. The maximum absolute atomic E-state index is 5.42. The van der Waals surface area contributed by atoms with E-state index in [4.69, 9.17) is 4.74 Å². The van der Waals surface area contributed by atoms with Gasteiger partial charge in [-0.3, -0.25) is 4.90 Å². The summed E-state index contributed by atoms with van der Waals surface area (Å²) in [5.41, 5.74) is 0.256. The largest absolute Gasteiger partial charge is 0.383 e. The summed E-state index contributed by atoms with van der Waals surface area (Å²) in [5.74, 6) is 0.685. The number of rotatable bonds is 6. The normalized spacial score (nSPS) is 31.8. The molecule has 1 rings (SSSR count). The van der Waals surface area contributed by atoms with Crippen LogP contribution in [-0.4, -0.2) is 49.3 Å². The Bertz CT molecular complexity index is 245. The maximum atomic E-state index is 5.42. The monoisotopic (exact) mass is 256 g/mol. The van der Waals surface area contributed by atoms with E-state index >= 15 is 0 Å². The molecule has 0 bridgehead atoms. The second-order valence-electron chi connectivity index (χ2n) is 6.30. The number of nitrogens with zero attached hydrogens (tertiary/aromatic N) is 1. The Morgan fingerprint density at radius 1 is 1.39 bits per heavy atom. The van der Waals surface area contributed by atoms with E-state index in [1.807, 2.05) is 7.11 Å². The molecule has 0 aromatic carbocycles. The van der Waals surface area contributed by atoms with Crippen LogP contribution in [0.3, 0.4) is 0 Å². The Hall–Kier alpha value is -0.120. The Morgan fingerprint density at radius 2 is 2.06 bits per heavy atom. The molecule has 0 saturated carbocycles. The summed E-state index contributed by atoms with van der Waals surface area (Å²) in [4.78, 5) is 2.69. The highest BCUT2D eigenvalue weighted by atomic mass is 16.5. The Labute approximate surface area is 113 Å². The standard InChI is InChI=1S/C15H32N2O/c1-7-13(10-18-6)17-11-15(5,8-2)16-9-14(17)12(3)4/h12-14,16H,7-11H2,1-6H3. The minimum absolute atomic E-state index is 0.256. The lowest BCUT2D eigenvalue weighted by Crippen LogP contribution is -2.66. The number of methoxy groups -OCH3 is 1. The molecular weight excluding hydrogens is 224 g/mol. The Balaban J connectivity index is 2.83. The van der Waals surface area contributed by atoms with E-state index in [9.17, 15) is 0 Å². The Morgan fingerprint density at radius 3 is 2.50 bits per heavy atom. The molecule has 1 fully saturated rings. The molecule has 3 heteroatoms. The molecule has 3 atom stereocenters. The lowest BCUT2D eigenvalue weighted by Gasteiger charge is -2.50. The third-order valence-corrected chi connectivity index (χ3v) is 4.54. The van der Waals surface area contributed by atoms with Gasteiger partial charge in [0.25, 0.3) is 0 Å². The zero-order chi connectivity index (χ0) is 13.8. The number of hydrogen-bond donors (Lipinski definition) is 1. The first-order chi connectivity index (χ1) is 8.47. The molecule has 0 aromatic heterocycles. The van der Waals surface area contributed by atoms with Crippen LogP contribution in [0.15, 0.2) is 0 Å². The molecule has 1 aliphatic heterocycles. The zero-order valence-electron chi connectivity index (χ0n) is 13.1. The van der Waals surface area contributed by atoms with Crippen molar-refractivity contribution in [3.05, 3.63) is 0 Å². The van der Waals surface area contributed by atoms with Crippen LogP contribution in [0, 0.1) is 5.92 Å². The molecule has 3 unspecified atom stereocenters. The summed E-state index contributed by atoms with van der Waals surface area (Å²) < 4.78 is 5.42. The minimum Gasteiger partial charge on any atom is -0.383 e. The first-order valence-electron chi connectivity index (χ1n) is 7.47. The van der Waals surface area contributed by atoms with E-state index in [-0.39, 0.29) is 5.54 Å². The van der Waals surface area contributed by atoms with Crippen molar-refractivity contribution in [3.8, 4) is 0 Å². The zero-order valence-corrected chi connectivity index (χ0v) is 13.1. The van der Waals surface area contributed by atoms with E-state index in [0.717, 1.165) is 26.1 Å². The van der Waals surface area contributed by atoms with Gasteiger partial charge in [0.15, 0.2) is 0 Å². The summed E-state index contributed by atoms with van der Waals surface area (Å²) in [7, 11) is 1.81. The van der Waals surface area contributed by atoms with Crippen molar-refractivity contribution in [2.45, 2.75) is 65.1 Å². The van der Waals surface area contributed by atoms with E-state index < -0.39 is 0 Å². The third-order valence-electron chi connectivity index (χ3n) is 4.54.